The standard InChI is InChI=1S/C19H24O3.C19H22O3/c2*1-13-11-18-17(12-19(21)22-18)16(13)10-9-15(20)8-7-14-5-3-2-4-6-14/h2-6,9-10,13,15-18,20H,7-8,11-12H2,1H3;2-6,9-10,13,16-18H,7-8,11-12H2,1H3/b2*10-9+/t13-,15+,16+,17-,18?;13-,16+,17-,18?/m11/s1. The first kappa shape index (κ1) is 31.9. The molecule has 2 aliphatic carbocycles. The highest BCUT2D eigenvalue weighted by atomic mass is 16.6. The van der Waals surface area contributed by atoms with Crippen molar-refractivity contribution < 1.29 is 29.0 Å². The maximum absolute atomic E-state index is 12.1. The molecule has 4 aliphatic rings. The average molecular weight is 599 g/mol. The molecule has 0 radical (unpaired) electrons. The molecule has 234 valence electrons. The van der Waals surface area contributed by atoms with Gasteiger partial charge in [-0.3, -0.25) is 14.4 Å². The molecule has 0 aromatic heterocycles. The third-order valence-corrected chi connectivity index (χ3v) is 9.97. The van der Waals surface area contributed by atoms with Crippen molar-refractivity contribution in [1.82, 2.24) is 0 Å². The number of benzene rings is 2. The molecule has 9 atom stereocenters. The van der Waals surface area contributed by atoms with E-state index in [4.69, 9.17) is 9.47 Å². The van der Waals surface area contributed by atoms with Gasteiger partial charge in [-0.15, -0.1) is 0 Å². The van der Waals surface area contributed by atoms with Gasteiger partial charge in [-0.2, -0.15) is 0 Å². The Morgan fingerprint density at radius 1 is 0.795 bits per heavy atom. The minimum absolute atomic E-state index is 0.0649. The fourth-order valence-electron chi connectivity index (χ4n) is 7.55. The lowest BCUT2D eigenvalue weighted by Crippen LogP contribution is -2.14. The quantitative estimate of drug-likeness (QED) is 0.192. The molecular weight excluding hydrogens is 552 g/mol. The number of rotatable bonds is 10. The molecule has 2 saturated carbocycles. The summed E-state index contributed by atoms with van der Waals surface area (Å²) >= 11 is 0. The highest BCUT2D eigenvalue weighted by Crippen LogP contribution is 2.46. The Kier molecular flexibility index (Phi) is 10.9. The highest BCUT2D eigenvalue weighted by molar-refractivity contribution is 5.89. The van der Waals surface area contributed by atoms with Crippen molar-refractivity contribution in [2.75, 3.05) is 0 Å². The van der Waals surface area contributed by atoms with Crippen LogP contribution in [0.1, 0.15) is 63.5 Å². The normalized spacial score (nSPS) is 31.3. The van der Waals surface area contributed by atoms with Gasteiger partial charge < -0.3 is 14.6 Å². The molecule has 2 unspecified atom stereocenters. The van der Waals surface area contributed by atoms with Gasteiger partial charge >= 0.3 is 11.9 Å². The molecule has 1 N–H and O–H groups in total. The van der Waals surface area contributed by atoms with Gasteiger partial charge in [0.1, 0.15) is 12.2 Å². The van der Waals surface area contributed by atoms with E-state index in [1.165, 1.54) is 11.1 Å². The lowest BCUT2D eigenvalue weighted by Gasteiger charge is -2.16. The molecule has 2 heterocycles. The predicted octanol–water partition coefficient (Wildman–Crippen LogP) is 6.46. The van der Waals surface area contributed by atoms with E-state index in [9.17, 15) is 19.5 Å². The number of carbonyl (C=O) groups is 3. The van der Waals surface area contributed by atoms with E-state index in [1.54, 1.807) is 6.08 Å². The fourth-order valence-corrected chi connectivity index (χ4v) is 7.55. The molecule has 0 amide bonds. The van der Waals surface area contributed by atoms with Gasteiger partial charge in [0.2, 0.25) is 0 Å². The number of carbonyl (C=O) groups excluding carboxylic acids is 3. The monoisotopic (exact) mass is 598 g/mol. The largest absolute Gasteiger partial charge is 0.462 e. The fraction of sp³-hybridized carbons (Fsp3) is 0.500. The predicted molar refractivity (Wildman–Crippen MR) is 169 cm³/mol. The number of aliphatic hydroxyl groups is 1. The second-order valence-electron chi connectivity index (χ2n) is 13.2. The number of ether oxygens (including phenoxy) is 2. The Labute approximate surface area is 261 Å². The van der Waals surface area contributed by atoms with Crippen molar-refractivity contribution in [2.45, 2.75) is 83.5 Å². The Hall–Kier alpha value is -3.51. The number of aryl methyl sites for hydroxylation is 2. The number of hydrogen-bond donors (Lipinski definition) is 1. The molecule has 6 nitrogen and oxygen atoms in total. The molecule has 0 bridgehead atoms. The molecule has 2 aromatic carbocycles. The molecule has 0 spiro atoms. The summed E-state index contributed by atoms with van der Waals surface area (Å²) < 4.78 is 10.7. The summed E-state index contributed by atoms with van der Waals surface area (Å²) in [5.41, 5.74) is 2.44. The van der Waals surface area contributed by atoms with Crippen LogP contribution in [0.25, 0.3) is 0 Å². The van der Waals surface area contributed by atoms with E-state index < -0.39 is 6.10 Å². The minimum atomic E-state index is -0.426. The van der Waals surface area contributed by atoms with Crippen LogP contribution in [-0.2, 0) is 36.7 Å². The van der Waals surface area contributed by atoms with Crippen LogP contribution in [0.4, 0.5) is 0 Å². The average Bonchev–Trinajstić information content (AvgIpc) is 3.72. The topological polar surface area (TPSA) is 89.9 Å². The number of ketones is 1. The second-order valence-corrected chi connectivity index (χ2v) is 13.2. The van der Waals surface area contributed by atoms with Gasteiger partial charge in [-0.05, 0) is 73.0 Å². The second kappa shape index (κ2) is 15.0. The van der Waals surface area contributed by atoms with Gasteiger partial charge in [-0.25, -0.2) is 0 Å². The smallest absolute Gasteiger partial charge is 0.306 e. The summed E-state index contributed by atoms with van der Waals surface area (Å²) in [4.78, 5) is 34.9. The first-order valence-corrected chi connectivity index (χ1v) is 16.3. The molecule has 2 aliphatic heterocycles. The Bertz CT molecular complexity index is 1320. The van der Waals surface area contributed by atoms with Crippen molar-refractivity contribution in [3.8, 4) is 0 Å². The van der Waals surface area contributed by atoms with Crippen LogP contribution in [0.5, 0.6) is 0 Å². The summed E-state index contributed by atoms with van der Waals surface area (Å²) in [6, 6.07) is 20.3. The molecule has 44 heavy (non-hydrogen) atoms. The van der Waals surface area contributed by atoms with Crippen LogP contribution in [0.2, 0.25) is 0 Å². The number of fused-ring (bicyclic) bond motifs is 2. The lowest BCUT2D eigenvalue weighted by atomic mass is 9.88. The van der Waals surface area contributed by atoms with Gasteiger partial charge in [-0.1, -0.05) is 92.7 Å². The van der Waals surface area contributed by atoms with Crippen LogP contribution >= 0.6 is 0 Å². The molecule has 2 aromatic rings. The van der Waals surface area contributed by atoms with Crippen molar-refractivity contribution in [2.24, 2.45) is 35.5 Å². The SMILES string of the molecule is C[C@@H]1CC2OC(=O)C[C@@H]2[C@H]1/C=C/C(=O)CCc1ccccc1.C[C@@H]1CC2OC(=O)C[C@@H]2[C@H]1/C=C/[C@@H](O)CCc1ccccc1. The maximum atomic E-state index is 12.1. The molecule has 6 rings (SSSR count). The number of aliphatic hydroxyl groups excluding tert-OH is 1. The van der Waals surface area contributed by atoms with Crippen LogP contribution < -0.4 is 0 Å². The zero-order valence-corrected chi connectivity index (χ0v) is 25.9. The van der Waals surface area contributed by atoms with Crippen molar-refractivity contribution in [3.63, 3.8) is 0 Å². The molecule has 4 fully saturated rings. The number of hydrogen-bond acceptors (Lipinski definition) is 6. The third-order valence-electron chi connectivity index (χ3n) is 9.97. The van der Waals surface area contributed by atoms with Crippen molar-refractivity contribution >= 4 is 17.7 Å². The molecule has 6 heteroatoms. The third kappa shape index (κ3) is 8.35. The van der Waals surface area contributed by atoms with Crippen molar-refractivity contribution in [3.05, 3.63) is 96.1 Å². The van der Waals surface area contributed by atoms with Crippen LogP contribution in [-0.4, -0.2) is 41.1 Å². The van der Waals surface area contributed by atoms with E-state index in [0.29, 0.717) is 42.9 Å². The zero-order valence-electron chi connectivity index (χ0n) is 25.9. The zero-order chi connectivity index (χ0) is 31.1. The Morgan fingerprint density at radius 3 is 1.84 bits per heavy atom. The minimum Gasteiger partial charge on any atom is -0.462 e. The summed E-state index contributed by atoms with van der Waals surface area (Å²) in [6.45, 7) is 4.38. The Morgan fingerprint density at radius 2 is 1.30 bits per heavy atom. The van der Waals surface area contributed by atoms with Crippen LogP contribution in [0, 0.1) is 35.5 Å². The summed E-state index contributed by atoms with van der Waals surface area (Å²) in [5, 5.41) is 10.2. The van der Waals surface area contributed by atoms with E-state index in [1.807, 2.05) is 60.7 Å². The van der Waals surface area contributed by atoms with E-state index in [2.05, 4.69) is 32.1 Å². The van der Waals surface area contributed by atoms with Gasteiger partial charge in [0, 0.05) is 18.3 Å². The van der Waals surface area contributed by atoms with E-state index in [-0.39, 0.29) is 41.8 Å². The van der Waals surface area contributed by atoms with Crippen LogP contribution in [0.3, 0.4) is 0 Å². The van der Waals surface area contributed by atoms with Crippen molar-refractivity contribution in [1.29, 1.82) is 0 Å². The first-order chi connectivity index (χ1) is 21.3. The van der Waals surface area contributed by atoms with Gasteiger partial charge in [0.05, 0.1) is 18.9 Å². The lowest BCUT2D eigenvalue weighted by molar-refractivity contribution is -0.142. The molecule has 2 saturated heterocycles. The van der Waals surface area contributed by atoms with Crippen LogP contribution in [0.15, 0.2) is 85.0 Å². The number of allylic oxidation sites excluding steroid dienone is 3. The van der Waals surface area contributed by atoms with E-state index >= 15 is 0 Å². The highest BCUT2D eigenvalue weighted by Gasteiger charge is 2.48. The first-order valence-electron chi connectivity index (χ1n) is 16.3. The summed E-state index contributed by atoms with van der Waals surface area (Å²) in [7, 11) is 0. The van der Waals surface area contributed by atoms with E-state index in [0.717, 1.165) is 32.1 Å². The summed E-state index contributed by atoms with van der Waals surface area (Å²) in [5.74, 6) is 2.20. The maximum Gasteiger partial charge on any atom is 0.306 e. The summed E-state index contributed by atoms with van der Waals surface area (Å²) in [6.07, 6.45) is 13.3. The van der Waals surface area contributed by atoms with Gasteiger partial charge in [0.15, 0.2) is 5.78 Å². The molecular formula is C38H46O6. The van der Waals surface area contributed by atoms with Gasteiger partial charge in [0.25, 0.3) is 0 Å². The Balaban J connectivity index is 0.000000175. The number of esters is 2.